The van der Waals surface area contributed by atoms with Crippen LogP contribution in [0.5, 0.6) is 5.75 Å². The number of methoxy groups -OCH3 is 1. The molecule has 4 nitrogen and oxygen atoms in total. The molecule has 96 valence electrons. The van der Waals surface area contributed by atoms with E-state index in [1.54, 1.807) is 13.4 Å². The first-order chi connectivity index (χ1) is 8.83. The minimum atomic E-state index is -0.321. The highest BCUT2D eigenvalue weighted by Gasteiger charge is 2.15. The van der Waals surface area contributed by atoms with Gasteiger partial charge in [-0.1, -0.05) is 18.2 Å². The lowest BCUT2D eigenvalue weighted by molar-refractivity contribution is 0.145. The van der Waals surface area contributed by atoms with Gasteiger partial charge in [0.15, 0.2) is 0 Å². The molecule has 18 heavy (non-hydrogen) atoms. The first-order valence-corrected chi connectivity index (χ1v) is 5.82. The lowest BCUT2D eigenvalue weighted by atomic mass is 10.0. The van der Waals surface area contributed by atoms with Crippen molar-refractivity contribution >= 4 is 0 Å². The Morgan fingerprint density at radius 1 is 1.17 bits per heavy atom. The number of hydrogen-bond acceptors (Lipinski definition) is 4. The van der Waals surface area contributed by atoms with Crippen molar-refractivity contribution in [2.75, 3.05) is 20.3 Å². The van der Waals surface area contributed by atoms with Gasteiger partial charge in [0, 0.05) is 12.7 Å². The Balaban J connectivity index is 2.16. The van der Waals surface area contributed by atoms with Gasteiger partial charge in [0.2, 0.25) is 0 Å². The van der Waals surface area contributed by atoms with E-state index < -0.39 is 0 Å². The van der Waals surface area contributed by atoms with Gasteiger partial charge in [-0.15, -0.1) is 0 Å². The molecule has 2 N–H and O–H groups in total. The third-order valence-corrected chi connectivity index (χ3v) is 2.65. The van der Waals surface area contributed by atoms with E-state index in [4.69, 9.17) is 19.6 Å². The van der Waals surface area contributed by atoms with Crippen LogP contribution in [0.4, 0.5) is 0 Å². The molecule has 0 radical (unpaired) electrons. The summed E-state index contributed by atoms with van der Waals surface area (Å²) >= 11 is 0. The van der Waals surface area contributed by atoms with Crippen molar-refractivity contribution in [2.45, 2.75) is 6.04 Å². The highest BCUT2D eigenvalue weighted by atomic mass is 16.5. The van der Waals surface area contributed by atoms with Gasteiger partial charge in [-0.25, -0.2) is 0 Å². The first kappa shape index (κ1) is 12.7. The Morgan fingerprint density at radius 2 is 2.00 bits per heavy atom. The number of furan rings is 1. The first-order valence-electron chi connectivity index (χ1n) is 5.82. The van der Waals surface area contributed by atoms with Gasteiger partial charge in [-0.2, -0.15) is 0 Å². The summed E-state index contributed by atoms with van der Waals surface area (Å²) in [6.07, 6.45) is 1.61. The summed E-state index contributed by atoms with van der Waals surface area (Å²) in [5, 5.41) is 0. The molecule has 0 fully saturated rings. The molecule has 1 atom stereocenters. The van der Waals surface area contributed by atoms with E-state index in [2.05, 4.69) is 0 Å². The molecule has 0 spiro atoms. The number of nitrogens with two attached hydrogens (primary N) is 1. The van der Waals surface area contributed by atoms with Crippen molar-refractivity contribution in [2.24, 2.45) is 5.73 Å². The van der Waals surface area contributed by atoms with Crippen molar-refractivity contribution in [3.63, 3.8) is 0 Å². The van der Waals surface area contributed by atoms with Gasteiger partial charge < -0.3 is 19.6 Å². The quantitative estimate of drug-likeness (QED) is 0.796. The predicted molar refractivity (Wildman–Crippen MR) is 68.6 cm³/mol. The van der Waals surface area contributed by atoms with Crippen LogP contribution in [0.15, 0.2) is 47.1 Å². The van der Waals surface area contributed by atoms with E-state index in [-0.39, 0.29) is 6.04 Å². The van der Waals surface area contributed by atoms with E-state index in [1.165, 1.54) is 0 Å². The Bertz CT molecular complexity index is 468. The molecule has 1 heterocycles. The van der Waals surface area contributed by atoms with E-state index >= 15 is 0 Å². The molecule has 1 aromatic carbocycles. The summed E-state index contributed by atoms with van der Waals surface area (Å²) in [5.74, 6) is 1.48. The summed E-state index contributed by atoms with van der Waals surface area (Å²) < 4.78 is 15.9. The predicted octanol–water partition coefficient (Wildman–Crippen LogP) is 2.35. The molecule has 0 bridgehead atoms. The fraction of sp³-hybridized carbons (Fsp3) is 0.286. The largest absolute Gasteiger partial charge is 0.491 e. The Hall–Kier alpha value is -1.78. The molecule has 0 saturated heterocycles. The van der Waals surface area contributed by atoms with Gasteiger partial charge in [-0.05, 0) is 18.2 Å². The highest BCUT2D eigenvalue weighted by Crippen LogP contribution is 2.28. The van der Waals surface area contributed by atoms with Crippen LogP contribution in [0.25, 0.3) is 0 Å². The van der Waals surface area contributed by atoms with Crippen LogP contribution in [0.2, 0.25) is 0 Å². The minimum Gasteiger partial charge on any atom is -0.491 e. The molecule has 4 heteroatoms. The Labute approximate surface area is 106 Å². The van der Waals surface area contributed by atoms with Crippen LogP contribution < -0.4 is 10.5 Å². The SMILES string of the molecule is COCCOc1ccccc1C(N)c1ccco1. The van der Waals surface area contributed by atoms with Crippen molar-refractivity contribution in [3.05, 3.63) is 54.0 Å². The van der Waals surface area contributed by atoms with Crippen molar-refractivity contribution < 1.29 is 13.9 Å². The van der Waals surface area contributed by atoms with Crippen LogP contribution >= 0.6 is 0 Å². The molecule has 0 amide bonds. The van der Waals surface area contributed by atoms with Crippen LogP contribution in [0, 0.1) is 0 Å². The van der Waals surface area contributed by atoms with Crippen LogP contribution in [-0.4, -0.2) is 20.3 Å². The maximum atomic E-state index is 6.16. The molecule has 1 unspecified atom stereocenters. The molecular weight excluding hydrogens is 230 g/mol. The summed E-state index contributed by atoms with van der Waals surface area (Å²) in [6.45, 7) is 1.04. The molecule has 0 saturated carbocycles. The second kappa shape index (κ2) is 6.23. The number of benzene rings is 1. The third-order valence-electron chi connectivity index (χ3n) is 2.65. The average Bonchev–Trinajstić information content (AvgIpc) is 2.93. The van der Waals surface area contributed by atoms with Gasteiger partial charge >= 0.3 is 0 Å². The Morgan fingerprint density at radius 3 is 2.72 bits per heavy atom. The third kappa shape index (κ3) is 2.91. The summed E-state index contributed by atoms with van der Waals surface area (Å²) in [6, 6.07) is 11.0. The maximum Gasteiger partial charge on any atom is 0.125 e. The molecule has 1 aromatic heterocycles. The van der Waals surface area contributed by atoms with Gasteiger partial charge in [0.25, 0.3) is 0 Å². The molecule has 0 aliphatic carbocycles. The topological polar surface area (TPSA) is 57.6 Å². The van der Waals surface area contributed by atoms with Gasteiger partial charge in [-0.3, -0.25) is 0 Å². The fourth-order valence-electron chi connectivity index (χ4n) is 1.73. The summed E-state index contributed by atoms with van der Waals surface area (Å²) in [4.78, 5) is 0. The lowest BCUT2D eigenvalue weighted by Crippen LogP contribution is -2.14. The molecule has 0 aliphatic heterocycles. The van der Waals surface area contributed by atoms with Gasteiger partial charge in [0.05, 0.1) is 18.9 Å². The summed E-state index contributed by atoms with van der Waals surface area (Å²) in [5.41, 5.74) is 7.07. The standard InChI is InChI=1S/C14H17NO3/c1-16-9-10-18-12-6-3-2-5-11(12)14(15)13-7-4-8-17-13/h2-8,14H,9-10,15H2,1H3. The second-order valence-corrected chi connectivity index (χ2v) is 3.87. The minimum absolute atomic E-state index is 0.321. The number of para-hydroxylation sites is 1. The molecule has 2 aromatic rings. The normalized spacial score (nSPS) is 12.3. The van der Waals surface area contributed by atoms with E-state index in [9.17, 15) is 0 Å². The van der Waals surface area contributed by atoms with Crippen LogP contribution in [0.3, 0.4) is 0 Å². The zero-order chi connectivity index (χ0) is 12.8. The lowest BCUT2D eigenvalue weighted by Gasteiger charge is -2.15. The van der Waals surface area contributed by atoms with Crippen LogP contribution in [0.1, 0.15) is 17.4 Å². The highest BCUT2D eigenvalue weighted by molar-refractivity contribution is 5.39. The zero-order valence-electron chi connectivity index (χ0n) is 10.3. The smallest absolute Gasteiger partial charge is 0.125 e. The van der Waals surface area contributed by atoms with E-state index in [1.807, 2.05) is 36.4 Å². The van der Waals surface area contributed by atoms with Crippen molar-refractivity contribution in [1.29, 1.82) is 0 Å². The van der Waals surface area contributed by atoms with E-state index in [0.29, 0.717) is 13.2 Å². The number of ether oxygens (including phenoxy) is 2. The molecular formula is C14H17NO3. The monoisotopic (exact) mass is 247 g/mol. The average molecular weight is 247 g/mol. The van der Waals surface area contributed by atoms with E-state index in [0.717, 1.165) is 17.1 Å². The Kier molecular flexibility index (Phi) is 4.39. The second-order valence-electron chi connectivity index (χ2n) is 3.87. The summed E-state index contributed by atoms with van der Waals surface area (Å²) in [7, 11) is 1.64. The molecule has 0 aliphatic rings. The molecule has 2 rings (SSSR count). The number of hydrogen-bond donors (Lipinski definition) is 1. The fourth-order valence-corrected chi connectivity index (χ4v) is 1.73. The number of rotatable bonds is 6. The zero-order valence-corrected chi connectivity index (χ0v) is 10.3. The van der Waals surface area contributed by atoms with Crippen molar-refractivity contribution in [3.8, 4) is 5.75 Å². The van der Waals surface area contributed by atoms with Crippen molar-refractivity contribution in [1.82, 2.24) is 0 Å². The van der Waals surface area contributed by atoms with Gasteiger partial charge in [0.1, 0.15) is 18.1 Å². The van der Waals surface area contributed by atoms with Crippen LogP contribution in [-0.2, 0) is 4.74 Å². The maximum absolute atomic E-state index is 6.16.